The highest BCUT2D eigenvalue weighted by Gasteiger charge is 2.42. The second-order valence-electron chi connectivity index (χ2n) is 6.46. The van der Waals surface area contributed by atoms with Crippen LogP contribution < -0.4 is 10.5 Å². The topological polar surface area (TPSA) is 38.5 Å². The van der Waals surface area contributed by atoms with Gasteiger partial charge in [-0.05, 0) is 44.3 Å². The molecule has 2 aliphatic rings. The quantitative estimate of drug-likeness (QED) is 0.901. The number of likely N-dealkylation sites (tertiary alicyclic amines) is 1. The fraction of sp³-hybridized carbons (Fsp3) is 0.647. The van der Waals surface area contributed by atoms with Crippen molar-refractivity contribution in [3.63, 3.8) is 0 Å². The number of benzene rings is 1. The molecule has 0 aliphatic carbocycles. The lowest BCUT2D eigenvalue weighted by molar-refractivity contribution is 0.0225. The Morgan fingerprint density at radius 3 is 2.80 bits per heavy atom. The molecule has 1 atom stereocenters. The Morgan fingerprint density at radius 2 is 2.10 bits per heavy atom. The van der Waals surface area contributed by atoms with Gasteiger partial charge in [0.15, 0.2) is 0 Å². The van der Waals surface area contributed by atoms with Gasteiger partial charge in [-0.15, -0.1) is 0 Å². The zero-order valence-electron chi connectivity index (χ0n) is 12.7. The van der Waals surface area contributed by atoms with Crippen molar-refractivity contribution >= 4 is 0 Å². The second kappa shape index (κ2) is 5.38. The smallest absolute Gasteiger partial charge is 0.127 e. The molecule has 1 saturated heterocycles. The molecule has 0 bridgehead atoms. The first-order chi connectivity index (χ1) is 9.67. The van der Waals surface area contributed by atoms with Gasteiger partial charge in [-0.25, -0.2) is 0 Å². The Hall–Kier alpha value is -1.06. The molecule has 2 N–H and O–H groups in total. The third-order valence-electron chi connectivity index (χ3n) is 5.20. The summed E-state index contributed by atoms with van der Waals surface area (Å²) in [7, 11) is 0. The van der Waals surface area contributed by atoms with Crippen LogP contribution in [-0.2, 0) is 5.54 Å². The third kappa shape index (κ3) is 2.13. The normalized spacial score (nSPS) is 27.9. The SMILES string of the molecule is Cc1cccc2c1OCCC2(CN)N1CCC(C)CC1. The molecule has 0 spiro atoms. The van der Waals surface area contributed by atoms with E-state index in [2.05, 4.69) is 36.9 Å². The lowest BCUT2D eigenvalue weighted by Crippen LogP contribution is -2.56. The van der Waals surface area contributed by atoms with E-state index in [1.807, 2.05) is 0 Å². The van der Waals surface area contributed by atoms with Crippen LogP contribution in [0.25, 0.3) is 0 Å². The maximum Gasteiger partial charge on any atom is 0.127 e. The average molecular weight is 274 g/mol. The van der Waals surface area contributed by atoms with Gasteiger partial charge in [0, 0.05) is 18.5 Å². The molecule has 2 heterocycles. The van der Waals surface area contributed by atoms with E-state index >= 15 is 0 Å². The molecule has 20 heavy (non-hydrogen) atoms. The predicted octanol–water partition coefficient (Wildman–Crippen LogP) is 2.66. The number of ether oxygens (including phenoxy) is 1. The average Bonchev–Trinajstić information content (AvgIpc) is 2.48. The van der Waals surface area contributed by atoms with Gasteiger partial charge in [0.25, 0.3) is 0 Å². The standard InChI is InChI=1S/C17H26N2O/c1-13-6-9-19(10-7-13)17(12-18)8-11-20-16-14(2)4-3-5-15(16)17/h3-5,13H,6-12,18H2,1-2H3. The number of rotatable bonds is 2. The zero-order valence-corrected chi connectivity index (χ0v) is 12.7. The van der Waals surface area contributed by atoms with E-state index in [-0.39, 0.29) is 5.54 Å². The highest BCUT2D eigenvalue weighted by molar-refractivity contribution is 5.46. The molecule has 0 amide bonds. The summed E-state index contributed by atoms with van der Waals surface area (Å²) in [4.78, 5) is 2.62. The maximum absolute atomic E-state index is 6.27. The summed E-state index contributed by atoms with van der Waals surface area (Å²) in [5, 5.41) is 0. The van der Waals surface area contributed by atoms with Gasteiger partial charge < -0.3 is 10.5 Å². The van der Waals surface area contributed by atoms with Crippen LogP contribution in [0.4, 0.5) is 0 Å². The van der Waals surface area contributed by atoms with Crippen molar-refractivity contribution < 1.29 is 4.74 Å². The van der Waals surface area contributed by atoms with Crippen LogP contribution in [0.5, 0.6) is 5.75 Å². The van der Waals surface area contributed by atoms with Crippen LogP contribution in [0.15, 0.2) is 18.2 Å². The number of hydrogen-bond acceptors (Lipinski definition) is 3. The highest BCUT2D eigenvalue weighted by atomic mass is 16.5. The van der Waals surface area contributed by atoms with Gasteiger partial charge in [0.2, 0.25) is 0 Å². The first-order valence-electron chi connectivity index (χ1n) is 7.85. The number of piperidine rings is 1. The van der Waals surface area contributed by atoms with Gasteiger partial charge in [-0.1, -0.05) is 25.1 Å². The van der Waals surface area contributed by atoms with E-state index in [4.69, 9.17) is 10.5 Å². The monoisotopic (exact) mass is 274 g/mol. The van der Waals surface area contributed by atoms with Crippen molar-refractivity contribution in [2.45, 2.75) is 38.6 Å². The molecule has 1 aromatic carbocycles. The van der Waals surface area contributed by atoms with Gasteiger partial charge in [0.05, 0.1) is 12.1 Å². The summed E-state index contributed by atoms with van der Waals surface area (Å²) in [5.41, 5.74) is 8.79. The minimum atomic E-state index is -0.0141. The minimum Gasteiger partial charge on any atom is -0.493 e. The first-order valence-corrected chi connectivity index (χ1v) is 7.85. The van der Waals surface area contributed by atoms with E-state index in [1.165, 1.54) is 24.0 Å². The number of para-hydroxylation sites is 1. The Morgan fingerprint density at radius 1 is 1.35 bits per heavy atom. The largest absolute Gasteiger partial charge is 0.493 e. The number of fused-ring (bicyclic) bond motifs is 1. The predicted molar refractivity (Wildman–Crippen MR) is 82.0 cm³/mol. The van der Waals surface area contributed by atoms with Crippen LogP contribution in [0.3, 0.4) is 0 Å². The second-order valence-corrected chi connectivity index (χ2v) is 6.46. The fourth-order valence-electron chi connectivity index (χ4n) is 3.77. The zero-order chi connectivity index (χ0) is 14.2. The molecule has 1 fully saturated rings. The van der Waals surface area contributed by atoms with Crippen molar-refractivity contribution in [3.05, 3.63) is 29.3 Å². The Labute approximate surface area is 122 Å². The Balaban J connectivity index is 2.00. The summed E-state index contributed by atoms with van der Waals surface area (Å²) < 4.78 is 5.94. The molecule has 110 valence electrons. The van der Waals surface area contributed by atoms with Gasteiger partial charge in [0.1, 0.15) is 5.75 Å². The van der Waals surface area contributed by atoms with Gasteiger partial charge in [-0.2, -0.15) is 0 Å². The van der Waals surface area contributed by atoms with E-state index < -0.39 is 0 Å². The molecule has 3 heteroatoms. The third-order valence-corrected chi connectivity index (χ3v) is 5.20. The van der Waals surface area contributed by atoms with Crippen LogP contribution in [-0.4, -0.2) is 31.1 Å². The summed E-state index contributed by atoms with van der Waals surface area (Å²) >= 11 is 0. The van der Waals surface area contributed by atoms with Crippen LogP contribution >= 0.6 is 0 Å². The lowest BCUT2D eigenvalue weighted by atomic mass is 9.80. The summed E-state index contributed by atoms with van der Waals surface area (Å²) in [5.74, 6) is 1.92. The molecule has 3 rings (SSSR count). The molecule has 0 aromatic heterocycles. The van der Waals surface area contributed by atoms with Crippen molar-refractivity contribution in [2.24, 2.45) is 11.7 Å². The summed E-state index contributed by atoms with van der Waals surface area (Å²) in [6, 6.07) is 6.48. The Bertz CT molecular complexity index is 480. The molecular formula is C17H26N2O. The Kier molecular flexibility index (Phi) is 3.74. The number of nitrogens with zero attached hydrogens (tertiary/aromatic N) is 1. The highest BCUT2D eigenvalue weighted by Crippen LogP contribution is 2.43. The lowest BCUT2D eigenvalue weighted by Gasteiger charge is -2.49. The molecule has 0 saturated carbocycles. The van der Waals surface area contributed by atoms with E-state index in [9.17, 15) is 0 Å². The van der Waals surface area contributed by atoms with Gasteiger partial charge >= 0.3 is 0 Å². The summed E-state index contributed by atoms with van der Waals surface area (Å²) in [6.45, 7) is 8.26. The maximum atomic E-state index is 6.27. The fourth-order valence-corrected chi connectivity index (χ4v) is 3.77. The number of hydrogen-bond donors (Lipinski definition) is 1. The van der Waals surface area contributed by atoms with Gasteiger partial charge in [-0.3, -0.25) is 4.90 Å². The minimum absolute atomic E-state index is 0.0141. The van der Waals surface area contributed by atoms with E-state index in [0.717, 1.165) is 37.8 Å². The van der Waals surface area contributed by atoms with Crippen molar-refractivity contribution in [1.82, 2.24) is 4.90 Å². The first kappa shape index (κ1) is 13.9. The number of aryl methyl sites for hydroxylation is 1. The summed E-state index contributed by atoms with van der Waals surface area (Å²) in [6.07, 6.45) is 3.57. The number of nitrogens with two attached hydrogens (primary N) is 1. The van der Waals surface area contributed by atoms with Crippen LogP contribution in [0.2, 0.25) is 0 Å². The molecule has 1 aromatic rings. The molecule has 0 radical (unpaired) electrons. The van der Waals surface area contributed by atoms with Crippen LogP contribution in [0, 0.1) is 12.8 Å². The molecule has 1 unspecified atom stereocenters. The van der Waals surface area contributed by atoms with Crippen molar-refractivity contribution in [1.29, 1.82) is 0 Å². The van der Waals surface area contributed by atoms with Crippen LogP contribution in [0.1, 0.15) is 37.3 Å². The molecular weight excluding hydrogens is 248 g/mol. The molecule has 2 aliphatic heterocycles. The van der Waals surface area contributed by atoms with Crippen molar-refractivity contribution in [2.75, 3.05) is 26.2 Å². The molecule has 3 nitrogen and oxygen atoms in total. The van der Waals surface area contributed by atoms with Crippen molar-refractivity contribution in [3.8, 4) is 5.75 Å². The van der Waals surface area contributed by atoms with E-state index in [1.54, 1.807) is 0 Å². The van der Waals surface area contributed by atoms with E-state index in [0.29, 0.717) is 6.54 Å².